The fraction of sp³-hybridized carbons (Fsp3) is 0.409. The number of pyridine rings is 2. The lowest BCUT2D eigenvalue weighted by atomic mass is 9.97. The third-order valence-electron chi connectivity index (χ3n) is 4.96. The highest BCUT2D eigenvalue weighted by Gasteiger charge is 2.27. The number of halogens is 1. The van der Waals surface area contributed by atoms with Crippen molar-refractivity contribution in [2.24, 2.45) is 0 Å². The highest BCUT2D eigenvalue weighted by Crippen LogP contribution is 2.25. The number of aromatic nitrogens is 2. The number of hydrogen-bond acceptors (Lipinski definition) is 6. The molecule has 7 heteroatoms. The average molecular weight is 403 g/mol. The molecule has 158 valence electrons. The first-order chi connectivity index (χ1) is 13.7. The number of ketones is 1. The molecular formula is C22H31FN4O2. The topological polar surface area (TPSA) is 78.4 Å². The summed E-state index contributed by atoms with van der Waals surface area (Å²) < 4.78 is 14.0. The van der Waals surface area contributed by atoms with Crippen molar-refractivity contribution in [3.05, 3.63) is 59.6 Å². The average Bonchev–Trinajstić information content (AvgIpc) is 2.66. The smallest absolute Gasteiger partial charge is 0.213 e. The van der Waals surface area contributed by atoms with Gasteiger partial charge >= 0.3 is 0 Å². The Morgan fingerprint density at radius 1 is 1.41 bits per heavy atom. The lowest BCUT2D eigenvalue weighted by Gasteiger charge is -2.37. The van der Waals surface area contributed by atoms with Crippen molar-refractivity contribution in [3.63, 3.8) is 0 Å². The second kappa shape index (κ2) is 8.39. The van der Waals surface area contributed by atoms with E-state index in [1.54, 1.807) is 51.2 Å². The van der Waals surface area contributed by atoms with Crippen LogP contribution >= 0.6 is 0 Å². The summed E-state index contributed by atoms with van der Waals surface area (Å²) in [6.07, 6.45) is 2.19. The molecule has 1 unspecified atom stereocenters. The van der Waals surface area contributed by atoms with E-state index in [2.05, 4.69) is 21.9 Å². The van der Waals surface area contributed by atoms with E-state index in [4.69, 9.17) is 0 Å². The largest absolute Gasteiger partial charge is 0.390 e. The van der Waals surface area contributed by atoms with Gasteiger partial charge in [0.05, 0.1) is 5.60 Å². The summed E-state index contributed by atoms with van der Waals surface area (Å²) in [6.45, 7) is 10.7. The molecule has 0 bridgehead atoms. The number of aryl methyl sites for hydroxylation is 1. The quantitative estimate of drug-likeness (QED) is 0.721. The highest BCUT2D eigenvalue weighted by atomic mass is 19.1. The molecule has 6 nitrogen and oxygen atoms in total. The molecular weight excluding hydrogens is 371 g/mol. The van der Waals surface area contributed by atoms with E-state index in [-0.39, 0.29) is 25.9 Å². The summed E-state index contributed by atoms with van der Waals surface area (Å²) in [5.74, 6) is -0.481. The van der Waals surface area contributed by atoms with Crippen molar-refractivity contribution < 1.29 is 17.1 Å². The van der Waals surface area contributed by atoms with Crippen molar-refractivity contribution in [2.45, 2.75) is 38.8 Å². The first-order valence-corrected chi connectivity index (χ1v) is 9.68. The van der Waals surface area contributed by atoms with Crippen molar-refractivity contribution in [1.82, 2.24) is 15.3 Å². The number of nitrogens with zero attached hydrogens (tertiary/aromatic N) is 3. The number of hydrogen-bond donors (Lipinski definition) is 2. The fourth-order valence-corrected chi connectivity index (χ4v) is 3.64. The molecule has 0 aromatic carbocycles. The number of rotatable bonds is 6. The molecule has 0 aliphatic carbocycles. The molecule has 1 fully saturated rings. The summed E-state index contributed by atoms with van der Waals surface area (Å²) in [4.78, 5) is 23.8. The SMILES string of the molecule is C=C(F)c1ccc(N2CCNC(CC(C)(C)O)C2)nc1C(=O)c1cccnc1C.[HH].[HH]. The molecule has 0 amide bonds. The van der Waals surface area contributed by atoms with E-state index < -0.39 is 11.4 Å². The number of piperazine rings is 1. The molecule has 3 rings (SSSR count). The molecule has 0 radical (unpaired) electrons. The fourth-order valence-electron chi connectivity index (χ4n) is 3.64. The van der Waals surface area contributed by atoms with Crippen LogP contribution in [-0.2, 0) is 0 Å². The van der Waals surface area contributed by atoms with E-state index in [1.807, 2.05) is 4.90 Å². The molecule has 2 aromatic rings. The third-order valence-corrected chi connectivity index (χ3v) is 4.96. The van der Waals surface area contributed by atoms with Crippen LogP contribution in [0, 0.1) is 6.92 Å². The van der Waals surface area contributed by atoms with Crippen LogP contribution in [0.25, 0.3) is 5.83 Å². The van der Waals surface area contributed by atoms with Gasteiger partial charge in [-0.05, 0) is 51.5 Å². The van der Waals surface area contributed by atoms with Gasteiger partial charge in [-0.15, -0.1) is 0 Å². The van der Waals surface area contributed by atoms with E-state index in [0.717, 1.165) is 6.54 Å². The van der Waals surface area contributed by atoms with E-state index in [9.17, 15) is 14.3 Å². The maximum atomic E-state index is 14.0. The predicted octanol–water partition coefficient (Wildman–Crippen LogP) is 3.39. The van der Waals surface area contributed by atoms with Crippen molar-refractivity contribution >= 4 is 17.4 Å². The molecule has 2 N–H and O–H groups in total. The van der Waals surface area contributed by atoms with Gasteiger partial charge in [0.2, 0.25) is 5.78 Å². The minimum Gasteiger partial charge on any atom is -0.390 e. The molecule has 29 heavy (non-hydrogen) atoms. The van der Waals surface area contributed by atoms with Gasteiger partial charge in [0.15, 0.2) is 0 Å². The lowest BCUT2D eigenvalue weighted by Crippen LogP contribution is -2.53. The van der Waals surface area contributed by atoms with Gasteiger partial charge in [-0.2, -0.15) is 0 Å². The van der Waals surface area contributed by atoms with E-state index in [0.29, 0.717) is 36.6 Å². The van der Waals surface area contributed by atoms with Crippen molar-refractivity contribution in [3.8, 4) is 0 Å². The maximum Gasteiger partial charge on any atom is 0.213 e. The van der Waals surface area contributed by atoms with E-state index in [1.165, 1.54) is 0 Å². The Balaban J connectivity index is 0.00000240. The van der Waals surface area contributed by atoms with Crippen LogP contribution in [0.3, 0.4) is 0 Å². The minimum absolute atomic E-state index is 0. The first-order valence-electron chi connectivity index (χ1n) is 9.68. The minimum atomic E-state index is -0.789. The molecule has 3 heterocycles. The Hall–Kier alpha value is -2.64. The third kappa shape index (κ3) is 5.05. The van der Waals surface area contributed by atoms with Crippen LogP contribution in [-0.4, -0.2) is 52.1 Å². The second-order valence-electron chi connectivity index (χ2n) is 8.05. The van der Waals surface area contributed by atoms with E-state index >= 15 is 0 Å². The predicted molar refractivity (Wildman–Crippen MR) is 116 cm³/mol. The van der Waals surface area contributed by atoms with Crippen LogP contribution < -0.4 is 10.2 Å². The van der Waals surface area contributed by atoms with Crippen LogP contribution in [0.15, 0.2) is 37.0 Å². The van der Waals surface area contributed by atoms with Gasteiger partial charge in [-0.25, -0.2) is 9.37 Å². The monoisotopic (exact) mass is 402 g/mol. The van der Waals surface area contributed by atoms with Crippen molar-refractivity contribution in [1.29, 1.82) is 0 Å². The zero-order valence-electron chi connectivity index (χ0n) is 17.1. The van der Waals surface area contributed by atoms with Crippen LogP contribution in [0.2, 0.25) is 0 Å². The highest BCUT2D eigenvalue weighted by molar-refractivity contribution is 6.10. The summed E-state index contributed by atoms with van der Waals surface area (Å²) >= 11 is 0. The summed E-state index contributed by atoms with van der Waals surface area (Å²) in [5.41, 5.74) is 0.282. The molecule has 0 spiro atoms. The number of nitrogens with one attached hydrogen (secondary N) is 1. The number of anilines is 1. The van der Waals surface area contributed by atoms with Crippen LogP contribution in [0.4, 0.5) is 10.2 Å². The van der Waals surface area contributed by atoms with Gasteiger partial charge in [0.25, 0.3) is 0 Å². The lowest BCUT2D eigenvalue weighted by molar-refractivity contribution is 0.0586. The molecule has 0 saturated carbocycles. The van der Waals surface area contributed by atoms with Gasteiger partial charge in [-0.3, -0.25) is 9.78 Å². The second-order valence-corrected chi connectivity index (χ2v) is 8.05. The Bertz CT molecular complexity index is 934. The number of carbonyl (C=O) groups excluding carboxylic acids is 1. The molecule has 1 aliphatic heterocycles. The van der Waals surface area contributed by atoms with Gasteiger partial charge in [-0.1, -0.05) is 6.58 Å². The summed E-state index contributed by atoms with van der Waals surface area (Å²) in [7, 11) is 0. The van der Waals surface area contributed by atoms with Crippen LogP contribution in [0.5, 0.6) is 0 Å². The molecule has 1 atom stereocenters. The van der Waals surface area contributed by atoms with Gasteiger partial charge < -0.3 is 15.3 Å². The Kier molecular flexibility index (Phi) is 6.10. The standard InChI is InChI=1S/C22H27FN4O2.2H2/c1-14(23)17-7-8-19(27-11-10-25-16(13-27)12-22(3,4)29)26-20(17)21(28)18-6-5-9-24-15(18)2;;/h5-9,16,25,29H,1,10-13H2,2-4H3;2*1H. The Labute approximate surface area is 173 Å². The normalized spacial score (nSPS) is 17.3. The van der Waals surface area contributed by atoms with Crippen LogP contribution in [0.1, 0.15) is 50.4 Å². The first kappa shape index (κ1) is 21.1. The Morgan fingerprint density at radius 2 is 2.17 bits per heavy atom. The summed E-state index contributed by atoms with van der Waals surface area (Å²) in [5, 5.41) is 13.5. The number of carbonyl (C=O) groups is 1. The van der Waals surface area contributed by atoms with Crippen molar-refractivity contribution in [2.75, 3.05) is 24.5 Å². The van der Waals surface area contributed by atoms with Gasteiger partial charge in [0.1, 0.15) is 17.3 Å². The molecule has 1 saturated heterocycles. The number of aliphatic hydroxyl groups is 1. The Morgan fingerprint density at radius 3 is 2.83 bits per heavy atom. The maximum absolute atomic E-state index is 14.0. The zero-order valence-corrected chi connectivity index (χ0v) is 17.1. The van der Waals surface area contributed by atoms with Gasteiger partial charge in [0, 0.05) is 51.5 Å². The zero-order chi connectivity index (χ0) is 21.2. The molecule has 2 aromatic heterocycles. The summed E-state index contributed by atoms with van der Waals surface area (Å²) in [6, 6.07) is 6.68. The molecule has 1 aliphatic rings.